The van der Waals surface area contributed by atoms with Gasteiger partial charge in [0.25, 0.3) is 10.0 Å². The summed E-state index contributed by atoms with van der Waals surface area (Å²) in [7, 11) is -3.77. The van der Waals surface area contributed by atoms with E-state index in [2.05, 4.69) is 23.6 Å². The van der Waals surface area contributed by atoms with Crippen LogP contribution in [0, 0.1) is 11.3 Å². The summed E-state index contributed by atoms with van der Waals surface area (Å²) in [4.78, 5) is 14.4. The van der Waals surface area contributed by atoms with E-state index in [4.69, 9.17) is 5.11 Å². The van der Waals surface area contributed by atoms with Gasteiger partial charge in [-0.15, -0.1) is 11.3 Å². The van der Waals surface area contributed by atoms with E-state index in [0.29, 0.717) is 12.5 Å². The fourth-order valence-electron chi connectivity index (χ4n) is 1.77. The van der Waals surface area contributed by atoms with Gasteiger partial charge >= 0.3 is 5.97 Å². The summed E-state index contributed by atoms with van der Waals surface area (Å²) in [5, 5.41) is 8.84. The van der Waals surface area contributed by atoms with Gasteiger partial charge in [0.1, 0.15) is 0 Å². The largest absolute Gasteiger partial charge is 0.476 e. The molecule has 0 aliphatic heterocycles. The minimum Gasteiger partial charge on any atom is -0.476 e. The van der Waals surface area contributed by atoms with Gasteiger partial charge in [0.2, 0.25) is 0 Å². The normalized spacial score (nSPS) is 21.8. The topological polar surface area (TPSA) is 96.4 Å². The Hall–Kier alpha value is -0.990. The van der Waals surface area contributed by atoms with Crippen LogP contribution in [0.1, 0.15) is 30.8 Å². The van der Waals surface area contributed by atoms with E-state index in [1.807, 2.05) is 0 Å². The van der Waals surface area contributed by atoms with E-state index in [1.54, 1.807) is 0 Å². The lowest BCUT2D eigenvalue weighted by Crippen LogP contribution is -2.27. The molecule has 0 saturated heterocycles. The maximum absolute atomic E-state index is 12.0. The van der Waals surface area contributed by atoms with Crippen LogP contribution in [-0.2, 0) is 10.0 Å². The molecule has 1 saturated carbocycles. The van der Waals surface area contributed by atoms with Crippen molar-refractivity contribution < 1.29 is 18.3 Å². The average Bonchev–Trinajstić information content (AvgIpc) is 2.68. The van der Waals surface area contributed by atoms with Crippen molar-refractivity contribution >= 4 is 27.3 Å². The molecule has 1 aliphatic rings. The second-order valence-electron chi connectivity index (χ2n) is 5.04. The number of aromatic nitrogens is 1. The van der Waals surface area contributed by atoms with Crippen LogP contribution in [0.3, 0.4) is 0 Å². The number of nitrogens with one attached hydrogen (secondary N) is 1. The summed E-state index contributed by atoms with van der Waals surface area (Å²) in [6.07, 6.45) is 0.976. The Bertz CT molecular complexity index is 576. The summed E-state index contributed by atoms with van der Waals surface area (Å²) in [5.41, 5.74) is 0.979. The van der Waals surface area contributed by atoms with Gasteiger partial charge in [0.05, 0.1) is 5.51 Å². The van der Waals surface area contributed by atoms with Crippen molar-refractivity contribution in [2.75, 3.05) is 6.54 Å². The highest BCUT2D eigenvalue weighted by molar-refractivity contribution is 7.91. The summed E-state index contributed by atoms with van der Waals surface area (Å²) < 4.78 is 26.1. The standard InChI is InChI=1S/C10H14N2O4S2/c1-10(2)3-6(10)4-12-18(15,16)9-7(8(13)14)11-5-17-9/h5-6,12H,3-4H2,1-2H3,(H,13,14). The number of nitrogens with zero attached hydrogens (tertiary/aromatic N) is 1. The molecule has 0 amide bonds. The van der Waals surface area contributed by atoms with Gasteiger partial charge in [-0.05, 0) is 17.8 Å². The lowest BCUT2D eigenvalue weighted by molar-refractivity contribution is 0.0687. The van der Waals surface area contributed by atoms with Gasteiger partial charge < -0.3 is 5.11 Å². The monoisotopic (exact) mass is 290 g/mol. The maximum Gasteiger partial charge on any atom is 0.356 e. The molecule has 1 aromatic rings. The first-order valence-electron chi connectivity index (χ1n) is 5.40. The number of hydrogen-bond donors (Lipinski definition) is 2. The summed E-state index contributed by atoms with van der Waals surface area (Å²) in [6.45, 7) is 4.48. The van der Waals surface area contributed by atoms with Crippen molar-refractivity contribution in [1.29, 1.82) is 0 Å². The van der Waals surface area contributed by atoms with Crippen molar-refractivity contribution in [3.8, 4) is 0 Å². The minimum absolute atomic E-state index is 0.172. The highest BCUT2D eigenvalue weighted by Crippen LogP contribution is 2.51. The second-order valence-corrected chi connectivity index (χ2v) is 7.85. The molecule has 1 fully saturated rings. The van der Waals surface area contributed by atoms with Crippen molar-refractivity contribution in [2.24, 2.45) is 11.3 Å². The van der Waals surface area contributed by atoms with E-state index in [9.17, 15) is 13.2 Å². The van der Waals surface area contributed by atoms with E-state index in [1.165, 1.54) is 5.51 Å². The number of carboxylic acids is 1. The third kappa shape index (κ3) is 2.55. The maximum atomic E-state index is 12.0. The number of thiazole rings is 1. The van der Waals surface area contributed by atoms with E-state index in [0.717, 1.165) is 17.8 Å². The molecule has 1 heterocycles. The predicted molar refractivity (Wildman–Crippen MR) is 66.1 cm³/mol. The summed E-state index contributed by atoms with van der Waals surface area (Å²) in [6, 6.07) is 0. The quantitative estimate of drug-likeness (QED) is 0.848. The summed E-state index contributed by atoms with van der Waals surface area (Å²) in [5.74, 6) is -1.02. The van der Waals surface area contributed by atoms with Gasteiger partial charge in [-0.2, -0.15) is 0 Å². The zero-order valence-electron chi connectivity index (χ0n) is 10.0. The van der Waals surface area contributed by atoms with Gasteiger partial charge in [-0.1, -0.05) is 13.8 Å². The van der Waals surface area contributed by atoms with Crippen LogP contribution in [0.15, 0.2) is 9.72 Å². The summed E-state index contributed by atoms with van der Waals surface area (Å²) >= 11 is 0.814. The molecule has 100 valence electrons. The predicted octanol–water partition coefficient (Wildman–Crippen LogP) is 1.17. The molecule has 2 N–H and O–H groups in total. The van der Waals surface area contributed by atoms with Crippen molar-refractivity contribution in [2.45, 2.75) is 24.5 Å². The van der Waals surface area contributed by atoms with Crippen molar-refractivity contribution in [1.82, 2.24) is 9.71 Å². The van der Waals surface area contributed by atoms with Crippen molar-refractivity contribution in [3.63, 3.8) is 0 Å². The fraction of sp³-hybridized carbons (Fsp3) is 0.600. The van der Waals surface area contributed by atoms with Crippen LogP contribution in [0.4, 0.5) is 0 Å². The Morgan fingerprint density at radius 2 is 2.28 bits per heavy atom. The SMILES string of the molecule is CC1(C)CC1CNS(=O)(=O)c1scnc1C(=O)O. The Morgan fingerprint density at radius 1 is 1.67 bits per heavy atom. The molecular formula is C10H14N2O4S2. The Kier molecular flexibility index (Phi) is 3.20. The zero-order valence-corrected chi connectivity index (χ0v) is 11.6. The highest BCUT2D eigenvalue weighted by atomic mass is 32.2. The number of rotatable bonds is 5. The van der Waals surface area contributed by atoms with Gasteiger partial charge in [0, 0.05) is 6.54 Å². The Labute approximate surface area is 109 Å². The van der Waals surface area contributed by atoms with Gasteiger partial charge in [0.15, 0.2) is 9.90 Å². The number of carboxylic acid groups (broad SMARTS) is 1. The fourth-order valence-corrected chi connectivity index (χ4v) is 4.03. The van der Waals surface area contributed by atoms with E-state index < -0.39 is 21.7 Å². The molecule has 0 bridgehead atoms. The van der Waals surface area contributed by atoms with Gasteiger partial charge in [-0.3, -0.25) is 0 Å². The Morgan fingerprint density at radius 3 is 2.78 bits per heavy atom. The number of carbonyl (C=O) groups is 1. The molecule has 2 rings (SSSR count). The molecule has 1 atom stereocenters. The smallest absolute Gasteiger partial charge is 0.356 e. The van der Waals surface area contributed by atoms with E-state index in [-0.39, 0.29) is 9.62 Å². The second kappa shape index (κ2) is 4.29. The molecule has 0 spiro atoms. The molecule has 0 aromatic carbocycles. The minimum atomic E-state index is -3.77. The first-order valence-corrected chi connectivity index (χ1v) is 7.77. The van der Waals surface area contributed by atoms with Crippen LogP contribution in [0.5, 0.6) is 0 Å². The number of hydrogen-bond acceptors (Lipinski definition) is 5. The molecule has 0 radical (unpaired) electrons. The number of aromatic carboxylic acids is 1. The van der Waals surface area contributed by atoms with Crippen molar-refractivity contribution in [3.05, 3.63) is 11.2 Å². The van der Waals surface area contributed by atoms with Crippen LogP contribution in [-0.4, -0.2) is 31.0 Å². The number of sulfonamides is 1. The van der Waals surface area contributed by atoms with Crippen LogP contribution >= 0.6 is 11.3 Å². The van der Waals surface area contributed by atoms with E-state index >= 15 is 0 Å². The highest BCUT2D eigenvalue weighted by Gasteiger charge is 2.45. The molecule has 1 unspecified atom stereocenters. The lowest BCUT2D eigenvalue weighted by atomic mass is 10.1. The lowest BCUT2D eigenvalue weighted by Gasteiger charge is -2.06. The zero-order chi connectivity index (χ0) is 13.6. The average molecular weight is 290 g/mol. The first kappa shape index (κ1) is 13.4. The molecule has 8 heteroatoms. The molecule has 1 aliphatic carbocycles. The molecule has 1 aromatic heterocycles. The third-order valence-corrected chi connectivity index (χ3v) is 6.01. The van der Waals surface area contributed by atoms with Crippen LogP contribution in [0.2, 0.25) is 0 Å². The van der Waals surface area contributed by atoms with Crippen LogP contribution in [0.25, 0.3) is 0 Å². The first-order chi connectivity index (χ1) is 8.24. The molecule has 6 nitrogen and oxygen atoms in total. The third-order valence-electron chi connectivity index (χ3n) is 3.22. The van der Waals surface area contributed by atoms with Gasteiger partial charge in [-0.25, -0.2) is 22.9 Å². The molecule has 18 heavy (non-hydrogen) atoms. The molecular weight excluding hydrogens is 276 g/mol. The Balaban J connectivity index is 2.11. The van der Waals surface area contributed by atoms with Crippen LogP contribution < -0.4 is 4.72 Å².